The SMILES string of the molecule is CN(C[C@H]1CN2CC[C@H]1C[C@@H]2CNC(=S)Nc1ccc(-n2cccn2)cc1)c1ccccc1. The van der Waals surface area contributed by atoms with Crippen LogP contribution >= 0.6 is 12.2 Å². The number of anilines is 2. The van der Waals surface area contributed by atoms with Gasteiger partial charge in [-0.2, -0.15) is 5.10 Å². The Kier molecular flexibility index (Phi) is 6.60. The average Bonchev–Trinajstić information content (AvgIpc) is 3.39. The van der Waals surface area contributed by atoms with Gasteiger partial charge in [0.2, 0.25) is 0 Å². The lowest BCUT2D eigenvalue weighted by Gasteiger charge is -2.51. The Morgan fingerprint density at radius 2 is 1.94 bits per heavy atom. The molecule has 6 nitrogen and oxygen atoms in total. The van der Waals surface area contributed by atoms with Crippen LogP contribution in [0.5, 0.6) is 0 Å². The van der Waals surface area contributed by atoms with E-state index in [1.165, 1.54) is 31.6 Å². The number of hydrogen-bond donors (Lipinski definition) is 2. The van der Waals surface area contributed by atoms with Crippen molar-refractivity contribution in [1.29, 1.82) is 0 Å². The van der Waals surface area contributed by atoms with Crippen molar-refractivity contribution >= 4 is 28.7 Å². The third kappa shape index (κ3) is 5.20. The molecule has 3 fully saturated rings. The second-order valence-electron chi connectivity index (χ2n) is 9.24. The van der Waals surface area contributed by atoms with Gasteiger partial charge < -0.3 is 15.5 Å². The van der Waals surface area contributed by atoms with E-state index in [0.29, 0.717) is 11.2 Å². The third-order valence-corrected chi connectivity index (χ3v) is 7.36. The second kappa shape index (κ2) is 9.93. The van der Waals surface area contributed by atoms with Crippen molar-refractivity contribution in [3.05, 3.63) is 73.1 Å². The summed E-state index contributed by atoms with van der Waals surface area (Å²) in [7, 11) is 2.22. The molecule has 3 saturated heterocycles. The Morgan fingerprint density at radius 3 is 2.64 bits per heavy atom. The fourth-order valence-corrected chi connectivity index (χ4v) is 5.51. The summed E-state index contributed by atoms with van der Waals surface area (Å²) in [6.07, 6.45) is 6.28. The number of thiocarbonyl (C=S) groups is 1. The molecule has 0 saturated carbocycles. The fourth-order valence-electron chi connectivity index (χ4n) is 5.31. The molecule has 0 amide bonds. The van der Waals surface area contributed by atoms with E-state index >= 15 is 0 Å². The minimum absolute atomic E-state index is 0.559. The van der Waals surface area contributed by atoms with E-state index in [-0.39, 0.29) is 0 Å². The number of nitrogens with one attached hydrogen (secondary N) is 2. The molecular formula is C26H32N6S. The maximum atomic E-state index is 5.57. The number of nitrogens with zero attached hydrogens (tertiary/aromatic N) is 4. The van der Waals surface area contributed by atoms with Crippen LogP contribution in [0.1, 0.15) is 12.8 Å². The summed E-state index contributed by atoms with van der Waals surface area (Å²) in [6, 6.07) is 21.3. The number of fused-ring (bicyclic) bond motifs is 3. The summed E-state index contributed by atoms with van der Waals surface area (Å²) >= 11 is 5.57. The van der Waals surface area contributed by atoms with Gasteiger partial charge in [-0.25, -0.2) is 4.68 Å². The summed E-state index contributed by atoms with van der Waals surface area (Å²) in [5.74, 6) is 1.53. The van der Waals surface area contributed by atoms with Crippen LogP contribution in [-0.4, -0.2) is 59.1 Å². The normalized spacial score (nSPS) is 23.8. The molecule has 2 bridgehead atoms. The van der Waals surface area contributed by atoms with E-state index in [1.54, 1.807) is 6.20 Å². The molecule has 172 valence electrons. The zero-order valence-electron chi connectivity index (χ0n) is 19.1. The van der Waals surface area contributed by atoms with Crippen LogP contribution in [0.15, 0.2) is 73.1 Å². The van der Waals surface area contributed by atoms with Crippen LogP contribution in [0.25, 0.3) is 5.69 Å². The summed E-state index contributed by atoms with van der Waals surface area (Å²) < 4.78 is 1.85. The van der Waals surface area contributed by atoms with Crippen LogP contribution in [0.2, 0.25) is 0 Å². The minimum atomic E-state index is 0.559. The van der Waals surface area contributed by atoms with Crippen molar-refractivity contribution in [2.75, 3.05) is 43.4 Å². The highest BCUT2D eigenvalue weighted by molar-refractivity contribution is 7.80. The Hall–Kier alpha value is -2.90. The molecule has 1 aromatic heterocycles. The smallest absolute Gasteiger partial charge is 0.170 e. The summed E-state index contributed by atoms with van der Waals surface area (Å²) in [6.45, 7) is 4.41. The van der Waals surface area contributed by atoms with Crippen LogP contribution in [0, 0.1) is 11.8 Å². The number of benzene rings is 2. The highest BCUT2D eigenvalue weighted by atomic mass is 32.1. The van der Waals surface area contributed by atoms with E-state index in [1.807, 2.05) is 41.2 Å². The molecule has 2 N–H and O–H groups in total. The molecule has 1 unspecified atom stereocenters. The molecule has 4 atom stereocenters. The molecule has 6 rings (SSSR count). The van der Waals surface area contributed by atoms with E-state index < -0.39 is 0 Å². The first-order valence-corrected chi connectivity index (χ1v) is 12.2. The topological polar surface area (TPSA) is 48.4 Å². The molecule has 4 heterocycles. The van der Waals surface area contributed by atoms with Crippen LogP contribution in [0.4, 0.5) is 11.4 Å². The minimum Gasteiger partial charge on any atom is -0.374 e. The molecule has 33 heavy (non-hydrogen) atoms. The Labute approximate surface area is 201 Å². The highest BCUT2D eigenvalue weighted by Crippen LogP contribution is 2.36. The lowest BCUT2D eigenvalue weighted by molar-refractivity contribution is 0.00667. The van der Waals surface area contributed by atoms with E-state index in [2.05, 4.69) is 62.9 Å². The number of piperidine rings is 3. The summed E-state index contributed by atoms with van der Waals surface area (Å²) in [5, 5.41) is 11.7. The van der Waals surface area contributed by atoms with E-state index in [9.17, 15) is 0 Å². The van der Waals surface area contributed by atoms with Crippen LogP contribution in [0.3, 0.4) is 0 Å². The zero-order chi connectivity index (χ0) is 22.6. The quantitative estimate of drug-likeness (QED) is 0.520. The largest absolute Gasteiger partial charge is 0.374 e. The zero-order valence-corrected chi connectivity index (χ0v) is 19.9. The predicted octanol–water partition coefficient (Wildman–Crippen LogP) is 4.01. The van der Waals surface area contributed by atoms with Gasteiger partial charge in [0.15, 0.2) is 5.11 Å². The van der Waals surface area contributed by atoms with Gasteiger partial charge in [0.1, 0.15) is 0 Å². The maximum Gasteiger partial charge on any atom is 0.170 e. The molecule has 0 aliphatic carbocycles. The number of aromatic nitrogens is 2. The van der Waals surface area contributed by atoms with Gasteiger partial charge in [0.05, 0.1) is 5.69 Å². The summed E-state index contributed by atoms with van der Waals surface area (Å²) in [4.78, 5) is 5.08. The van der Waals surface area contributed by atoms with Crippen molar-refractivity contribution in [2.45, 2.75) is 18.9 Å². The van der Waals surface area contributed by atoms with E-state index in [4.69, 9.17) is 12.2 Å². The number of rotatable bonds is 7. The lowest BCUT2D eigenvalue weighted by atomic mass is 9.75. The van der Waals surface area contributed by atoms with Crippen molar-refractivity contribution in [1.82, 2.24) is 20.0 Å². The van der Waals surface area contributed by atoms with Gasteiger partial charge in [-0.05, 0) is 85.9 Å². The average molecular weight is 461 g/mol. The molecule has 7 heteroatoms. The van der Waals surface area contributed by atoms with Gasteiger partial charge in [-0.1, -0.05) is 18.2 Å². The van der Waals surface area contributed by atoms with Gasteiger partial charge in [0, 0.05) is 56.5 Å². The monoisotopic (exact) mass is 460 g/mol. The molecule has 3 aromatic rings. The highest BCUT2D eigenvalue weighted by Gasteiger charge is 2.40. The van der Waals surface area contributed by atoms with Crippen LogP contribution < -0.4 is 15.5 Å². The van der Waals surface area contributed by atoms with Crippen molar-refractivity contribution in [2.24, 2.45) is 11.8 Å². The summed E-state index contributed by atoms with van der Waals surface area (Å²) in [5.41, 5.74) is 3.32. The third-order valence-electron chi connectivity index (χ3n) is 7.11. The Bertz CT molecular complexity index is 1040. The first-order chi connectivity index (χ1) is 16.2. The van der Waals surface area contributed by atoms with Crippen LogP contribution in [-0.2, 0) is 0 Å². The molecular weight excluding hydrogens is 428 g/mol. The van der Waals surface area contributed by atoms with Gasteiger partial charge in [0.25, 0.3) is 0 Å². The second-order valence-corrected chi connectivity index (χ2v) is 9.65. The van der Waals surface area contributed by atoms with Crippen molar-refractivity contribution in [3.8, 4) is 5.69 Å². The van der Waals surface area contributed by atoms with Crippen molar-refractivity contribution < 1.29 is 0 Å². The fraction of sp³-hybridized carbons (Fsp3) is 0.385. The maximum absolute atomic E-state index is 5.57. The van der Waals surface area contributed by atoms with Crippen molar-refractivity contribution in [3.63, 3.8) is 0 Å². The Morgan fingerprint density at radius 1 is 1.12 bits per heavy atom. The lowest BCUT2D eigenvalue weighted by Crippen LogP contribution is -2.58. The molecule has 0 spiro atoms. The molecule has 3 aliphatic rings. The number of para-hydroxylation sites is 1. The molecule has 2 aromatic carbocycles. The first-order valence-electron chi connectivity index (χ1n) is 11.8. The number of hydrogen-bond acceptors (Lipinski definition) is 4. The van der Waals surface area contributed by atoms with Gasteiger partial charge >= 0.3 is 0 Å². The first kappa shape index (κ1) is 21.9. The van der Waals surface area contributed by atoms with E-state index in [0.717, 1.165) is 36.3 Å². The van der Waals surface area contributed by atoms with Gasteiger partial charge in [-0.15, -0.1) is 0 Å². The van der Waals surface area contributed by atoms with Gasteiger partial charge in [-0.3, -0.25) is 4.90 Å². The molecule has 0 radical (unpaired) electrons. The standard InChI is InChI=1S/C26H32N6S/c1-30(23-6-3-2-4-7-23)18-21-19-31-15-12-20(21)16-25(31)17-27-26(33)29-22-8-10-24(11-9-22)32-14-5-13-28-32/h2-11,13-14,20-21,25H,12,15-19H2,1H3,(H2,27,29,33)/t20-,21-,25+/m0/s1. The predicted molar refractivity (Wildman–Crippen MR) is 139 cm³/mol. The Balaban J connectivity index is 1.09. The molecule has 3 aliphatic heterocycles.